The SMILES string of the molecule is COc1cc(C=O)c(I)c(C(N)=O)c1. The van der Waals surface area contributed by atoms with Crippen LogP contribution < -0.4 is 10.5 Å². The number of carbonyl (C=O) groups is 2. The van der Waals surface area contributed by atoms with Gasteiger partial charge in [-0.15, -0.1) is 0 Å². The molecule has 1 aromatic carbocycles. The Morgan fingerprint density at radius 3 is 2.64 bits per heavy atom. The Morgan fingerprint density at radius 2 is 2.21 bits per heavy atom. The average molecular weight is 305 g/mol. The third-order valence-electron chi connectivity index (χ3n) is 1.70. The van der Waals surface area contributed by atoms with Crippen LogP contribution in [-0.2, 0) is 0 Å². The summed E-state index contributed by atoms with van der Waals surface area (Å²) in [7, 11) is 1.46. The highest BCUT2D eigenvalue weighted by Crippen LogP contribution is 2.22. The molecule has 4 nitrogen and oxygen atoms in total. The third-order valence-corrected chi connectivity index (χ3v) is 2.91. The summed E-state index contributed by atoms with van der Waals surface area (Å²) < 4.78 is 5.48. The first-order valence-corrected chi connectivity index (χ1v) is 4.80. The number of hydrogen-bond acceptors (Lipinski definition) is 3. The van der Waals surface area contributed by atoms with Gasteiger partial charge in [0.25, 0.3) is 0 Å². The molecule has 1 aromatic rings. The number of benzene rings is 1. The Labute approximate surface area is 94.6 Å². The summed E-state index contributed by atoms with van der Waals surface area (Å²) in [5.41, 5.74) is 5.85. The molecular weight excluding hydrogens is 297 g/mol. The molecule has 0 fully saturated rings. The second-order valence-electron chi connectivity index (χ2n) is 2.56. The van der Waals surface area contributed by atoms with Gasteiger partial charge in [-0.1, -0.05) is 0 Å². The van der Waals surface area contributed by atoms with Crippen molar-refractivity contribution >= 4 is 34.8 Å². The van der Waals surface area contributed by atoms with Crippen molar-refractivity contribution in [3.8, 4) is 5.75 Å². The third kappa shape index (κ3) is 2.03. The van der Waals surface area contributed by atoms with Crippen molar-refractivity contribution in [2.75, 3.05) is 7.11 Å². The zero-order valence-corrected chi connectivity index (χ0v) is 9.57. The highest BCUT2D eigenvalue weighted by Gasteiger charge is 2.12. The van der Waals surface area contributed by atoms with Crippen LogP contribution in [0.25, 0.3) is 0 Å². The van der Waals surface area contributed by atoms with Crippen LogP contribution in [0.2, 0.25) is 0 Å². The van der Waals surface area contributed by atoms with E-state index in [-0.39, 0.29) is 0 Å². The van der Waals surface area contributed by atoms with Crippen molar-refractivity contribution in [3.63, 3.8) is 0 Å². The summed E-state index contributed by atoms with van der Waals surface area (Å²) in [6, 6.07) is 3.07. The van der Waals surface area contributed by atoms with Crippen LogP contribution in [0.4, 0.5) is 0 Å². The molecule has 0 bridgehead atoms. The molecule has 2 N–H and O–H groups in total. The van der Waals surface area contributed by atoms with Crippen LogP contribution in [0.1, 0.15) is 20.7 Å². The van der Waals surface area contributed by atoms with E-state index in [0.29, 0.717) is 26.7 Å². The highest BCUT2D eigenvalue weighted by molar-refractivity contribution is 14.1. The number of ether oxygens (including phenoxy) is 1. The van der Waals surface area contributed by atoms with Crippen molar-refractivity contribution in [1.29, 1.82) is 0 Å². The summed E-state index contributed by atoms with van der Waals surface area (Å²) in [5, 5.41) is 0. The highest BCUT2D eigenvalue weighted by atomic mass is 127. The average Bonchev–Trinajstić information content (AvgIpc) is 2.17. The van der Waals surface area contributed by atoms with Crippen molar-refractivity contribution in [1.82, 2.24) is 0 Å². The molecule has 0 aromatic heterocycles. The van der Waals surface area contributed by atoms with E-state index in [1.165, 1.54) is 13.2 Å². The molecule has 0 aliphatic heterocycles. The number of rotatable bonds is 3. The summed E-state index contributed by atoms with van der Waals surface area (Å²) in [5.74, 6) is -0.127. The first-order valence-electron chi connectivity index (χ1n) is 3.72. The van der Waals surface area contributed by atoms with Crippen LogP contribution in [0.5, 0.6) is 5.75 Å². The summed E-state index contributed by atoms with van der Waals surface area (Å²) in [4.78, 5) is 21.7. The van der Waals surface area contributed by atoms with Gasteiger partial charge in [-0.05, 0) is 34.7 Å². The second-order valence-corrected chi connectivity index (χ2v) is 3.64. The fraction of sp³-hybridized carbons (Fsp3) is 0.111. The maximum atomic E-state index is 11.0. The van der Waals surface area contributed by atoms with E-state index in [4.69, 9.17) is 10.5 Å². The smallest absolute Gasteiger partial charge is 0.249 e. The number of methoxy groups -OCH3 is 1. The molecule has 0 atom stereocenters. The Morgan fingerprint density at radius 1 is 1.57 bits per heavy atom. The first-order chi connectivity index (χ1) is 6.60. The topological polar surface area (TPSA) is 69.4 Å². The minimum Gasteiger partial charge on any atom is -0.497 e. The molecule has 0 unspecified atom stereocenters. The van der Waals surface area contributed by atoms with Gasteiger partial charge in [0.15, 0.2) is 6.29 Å². The molecule has 0 saturated heterocycles. The van der Waals surface area contributed by atoms with E-state index in [1.807, 2.05) is 22.6 Å². The van der Waals surface area contributed by atoms with Gasteiger partial charge in [-0.2, -0.15) is 0 Å². The van der Waals surface area contributed by atoms with Gasteiger partial charge in [-0.25, -0.2) is 0 Å². The van der Waals surface area contributed by atoms with E-state index in [9.17, 15) is 9.59 Å². The predicted molar refractivity (Wildman–Crippen MR) is 59.6 cm³/mol. The lowest BCUT2D eigenvalue weighted by atomic mass is 10.1. The summed E-state index contributed by atoms with van der Waals surface area (Å²) in [6.07, 6.45) is 0.663. The Bertz CT molecular complexity index is 390. The van der Waals surface area contributed by atoms with Crippen LogP contribution in [0.15, 0.2) is 12.1 Å². The van der Waals surface area contributed by atoms with Crippen LogP contribution >= 0.6 is 22.6 Å². The van der Waals surface area contributed by atoms with Crippen LogP contribution in [0, 0.1) is 3.57 Å². The van der Waals surface area contributed by atoms with Gasteiger partial charge in [0.05, 0.1) is 12.7 Å². The quantitative estimate of drug-likeness (QED) is 0.674. The van der Waals surface area contributed by atoms with Crippen molar-refractivity contribution in [2.24, 2.45) is 5.73 Å². The van der Waals surface area contributed by atoms with Crippen molar-refractivity contribution in [3.05, 3.63) is 26.8 Å². The normalized spacial score (nSPS) is 9.57. The van der Waals surface area contributed by atoms with E-state index in [0.717, 1.165) is 0 Å². The molecule has 0 saturated carbocycles. The molecule has 1 rings (SSSR count). The standard InChI is InChI=1S/C9H8INO3/c1-14-6-2-5(4-12)8(10)7(3-6)9(11)13/h2-4H,1H3,(H2,11,13). The lowest BCUT2D eigenvalue weighted by molar-refractivity contribution is 0.0999. The van der Waals surface area contributed by atoms with Gasteiger partial charge < -0.3 is 10.5 Å². The number of nitrogens with two attached hydrogens (primary N) is 1. The van der Waals surface area contributed by atoms with Gasteiger partial charge in [0.1, 0.15) is 5.75 Å². The number of aldehydes is 1. The minimum atomic E-state index is -0.573. The first kappa shape index (κ1) is 11.0. The molecular formula is C9H8INO3. The Hall–Kier alpha value is -1.11. The fourth-order valence-corrected chi connectivity index (χ4v) is 1.71. The molecule has 74 valence electrons. The van der Waals surface area contributed by atoms with Crippen molar-refractivity contribution < 1.29 is 14.3 Å². The molecule has 5 heteroatoms. The lowest BCUT2D eigenvalue weighted by Crippen LogP contribution is -2.14. The summed E-state index contributed by atoms with van der Waals surface area (Å²) >= 11 is 1.90. The molecule has 14 heavy (non-hydrogen) atoms. The zero-order valence-electron chi connectivity index (χ0n) is 7.41. The van der Waals surface area contributed by atoms with E-state index < -0.39 is 5.91 Å². The number of halogens is 1. The molecule has 0 aliphatic carbocycles. The van der Waals surface area contributed by atoms with Crippen LogP contribution in [0.3, 0.4) is 0 Å². The predicted octanol–water partition coefficient (Wildman–Crippen LogP) is 1.21. The van der Waals surface area contributed by atoms with Gasteiger partial charge in [0.2, 0.25) is 5.91 Å². The molecule has 1 amide bonds. The van der Waals surface area contributed by atoms with E-state index in [2.05, 4.69) is 0 Å². The number of primary amides is 1. The number of amides is 1. The Kier molecular flexibility index (Phi) is 3.45. The van der Waals surface area contributed by atoms with Gasteiger partial charge in [0, 0.05) is 9.13 Å². The number of carbonyl (C=O) groups excluding carboxylic acids is 2. The van der Waals surface area contributed by atoms with E-state index >= 15 is 0 Å². The largest absolute Gasteiger partial charge is 0.497 e. The number of hydrogen-bond donors (Lipinski definition) is 1. The van der Waals surface area contributed by atoms with Crippen molar-refractivity contribution in [2.45, 2.75) is 0 Å². The molecule has 0 radical (unpaired) electrons. The van der Waals surface area contributed by atoms with E-state index in [1.54, 1.807) is 6.07 Å². The lowest BCUT2D eigenvalue weighted by Gasteiger charge is -2.06. The maximum Gasteiger partial charge on any atom is 0.249 e. The van der Waals surface area contributed by atoms with Gasteiger partial charge >= 0.3 is 0 Å². The zero-order chi connectivity index (χ0) is 10.7. The molecule has 0 spiro atoms. The van der Waals surface area contributed by atoms with Crippen LogP contribution in [-0.4, -0.2) is 19.3 Å². The summed E-state index contributed by atoms with van der Waals surface area (Å²) in [6.45, 7) is 0. The minimum absolute atomic E-state index is 0.298. The fourth-order valence-electron chi connectivity index (χ4n) is 1.00. The molecule has 0 aliphatic rings. The maximum absolute atomic E-state index is 11.0. The monoisotopic (exact) mass is 305 g/mol. The molecule has 0 heterocycles. The van der Waals surface area contributed by atoms with Gasteiger partial charge in [-0.3, -0.25) is 9.59 Å². The second kappa shape index (κ2) is 4.41. The Balaban J connectivity index is 3.41.